The molecule has 0 spiro atoms. The quantitative estimate of drug-likeness (QED) is 0.490. The molecule has 0 atom stereocenters. The van der Waals surface area contributed by atoms with Crippen molar-refractivity contribution in [1.29, 1.82) is 0 Å². The second-order valence-electron chi connectivity index (χ2n) is 11.2. The Labute approximate surface area is 230 Å². The van der Waals surface area contributed by atoms with Crippen LogP contribution in [-0.4, -0.2) is 101 Å². The zero-order valence-corrected chi connectivity index (χ0v) is 25.6. The first-order valence-electron chi connectivity index (χ1n) is 14.0. The summed E-state index contributed by atoms with van der Waals surface area (Å²) >= 11 is 0. The fraction of sp³-hybridized carbons (Fsp3) is 0.852. The van der Waals surface area contributed by atoms with Crippen molar-refractivity contribution in [3.05, 3.63) is 0 Å². The molecule has 0 saturated carbocycles. The third-order valence-electron chi connectivity index (χ3n) is 6.79. The molecule has 11 heteroatoms. The van der Waals surface area contributed by atoms with Crippen LogP contribution in [0.25, 0.3) is 0 Å². The zero-order valence-electron chi connectivity index (χ0n) is 24.7. The third-order valence-corrected chi connectivity index (χ3v) is 8.91. The monoisotopic (exact) mass is 558 g/mol. The Bertz CT molecular complexity index is 865. The summed E-state index contributed by atoms with van der Waals surface area (Å²) in [6.45, 7) is 18.4. The number of imide groups is 1. The number of hydrogen-bond acceptors (Lipinski definition) is 6. The molecule has 0 aromatic rings. The Morgan fingerprint density at radius 3 is 1.11 bits per heavy atom. The van der Waals surface area contributed by atoms with E-state index in [0.29, 0.717) is 49.0 Å². The molecule has 4 aliphatic heterocycles. The van der Waals surface area contributed by atoms with Crippen molar-refractivity contribution in [3.8, 4) is 0 Å². The van der Waals surface area contributed by atoms with E-state index < -0.39 is 10.0 Å². The summed E-state index contributed by atoms with van der Waals surface area (Å²) in [5.74, 6) is 0.931. The van der Waals surface area contributed by atoms with Gasteiger partial charge in [-0.15, -0.1) is 0 Å². The summed E-state index contributed by atoms with van der Waals surface area (Å²) in [4.78, 5) is 48.9. The second-order valence-corrected chi connectivity index (χ2v) is 13.2. The average Bonchev–Trinajstić information content (AvgIpc) is 3.57. The molecule has 0 aliphatic carbocycles. The van der Waals surface area contributed by atoms with Crippen LogP contribution in [0.2, 0.25) is 0 Å². The van der Waals surface area contributed by atoms with Crippen LogP contribution in [0.3, 0.4) is 0 Å². The molecule has 4 heterocycles. The first kappa shape index (κ1) is 34.0. The Kier molecular flexibility index (Phi) is 13.9. The number of nitrogens with zero attached hydrogens (tertiary/aromatic N) is 4. The molecular formula is C27H50N4O6S. The van der Waals surface area contributed by atoms with E-state index >= 15 is 0 Å². The number of sulfonamides is 1. The molecule has 0 unspecified atom stereocenters. The lowest BCUT2D eigenvalue weighted by molar-refractivity contribution is -0.140. The largest absolute Gasteiger partial charge is 0.340 e. The molecule has 38 heavy (non-hydrogen) atoms. The fourth-order valence-corrected chi connectivity index (χ4v) is 6.62. The van der Waals surface area contributed by atoms with E-state index in [2.05, 4.69) is 27.7 Å². The fourth-order valence-electron chi connectivity index (χ4n) is 4.84. The van der Waals surface area contributed by atoms with Gasteiger partial charge >= 0.3 is 0 Å². The summed E-state index contributed by atoms with van der Waals surface area (Å²) in [5, 5.41) is 0. The standard InChI is InChI=1S/C7H11NO2.2C7H13NO.C6H13NO2S/c1-5(2)8-6(9)3-4-7(8)10;2*1-6(2)8-5-3-4-7(8)9;1-6(2)7-4-3-5-10(7,8)9/h5H,3-4H2,1-2H3;2*6H,3-5H2,1-2H3;6H,3-5H2,1-2H3. The Morgan fingerprint density at radius 2 is 0.947 bits per heavy atom. The maximum Gasteiger partial charge on any atom is 0.229 e. The maximum atomic E-state index is 11.1. The highest BCUT2D eigenvalue weighted by Crippen LogP contribution is 2.16. The van der Waals surface area contributed by atoms with E-state index in [1.165, 1.54) is 4.90 Å². The smallest absolute Gasteiger partial charge is 0.229 e. The first-order chi connectivity index (χ1) is 17.6. The van der Waals surface area contributed by atoms with Crippen LogP contribution in [0.15, 0.2) is 0 Å². The number of likely N-dealkylation sites (tertiary alicyclic amines) is 3. The molecular weight excluding hydrogens is 508 g/mol. The van der Waals surface area contributed by atoms with Gasteiger partial charge in [0.1, 0.15) is 0 Å². The first-order valence-corrected chi connectivity index (χ1v) is 15.6. The number of amides is 4. The lowest BCUT2D eigenvalue weighted by Gasteiger charge is -2.19. The van der Waals surface area contributed by atoms with Gasteiger partial charge in [-0.3, -0.25) is 24.1 Å². The van der Waals surface area contributed by atoms with Crippen LogP contribution < -0.4 is 0 Å². The topological polar surface area (TPSA) is 115 Å². The molecule has 4 fully saturated rings. The van der Waals surface area contributed by atoms with Crippen molar-refractivity contribution in [2.75, 3.05) is 25.4 Å². The summed E-state index contributed by atoms with van der Waals surface area (Å²) in [6.07, 6.45) is 5.22. The van der Waals surface area contributed by atoms with Crippen molar-refractivity contribution in [3.63, 3.8) is 0 Å². The van der Waals surface area contributed by atoms with Gasteiger partial charge < -0.3 is 9.80 Å². The third kappa shape index (κ3) is 10.3. The maximum absolute atomic E-state index is 11.1. The van der Waals surface area contributed by atoms with Crippen LogP contribution in [-0.2, 0) is 29.2 Å². The van der Waals surface area contributed by atoms with Crippen molar-refractivity contribution in [2.45, 2.75) is 125 Å². The van der Waals surface area contributed by atoms with Gasteiger partial charge in [-0.2, -0.15) is 4.31 Å². The molecule has 4 amide bonds. The highest BCUT2D eigenvalue weighted by atomic mass is 32.2. The minimum absolute atomic E-state index is 0.0278. The van der Waals surface area contributed by atoms with Crippen molar-refractivity contribution < 1.29 is 27.6 Å². The van der Waals surface area contributed by atoms with Crippen LogP contribution in [0.5, 0.6) is 0 Å². The van der Waals surface area contributed by atoms with E-state index in [9.17, 15) is 27.6 Å². The number of carbonyl (C=O) groups is 4. The number of rotatable bonds is 4. The molecule has 220 valence electrons. The lowest BCUT2D eigenvalue weighted by Crippen LogP contribution is -2.35. The van der Waals surface area contributed by atoms with Gasteiger partial charge in [0, 0.05) is 69.5 Å². The Morgan fingerprint density at radius 1 is 0.526 bits per heavy atom. The summed E-state index contributed by atoms with van der Waals surface area (Å²) < 4.78 is 23.8. The van der Waals surface area contributed by atoms with Crippen molar-refractivity contribution in [2.24, 2.45) is 0 Å². The van der Waals surface area contributed by atoms with Crippen LogP contribution >= 0.6 is 0 Å². The van der Waals surface area contributed by atoms with Gasteiger partial charge in [0.05, 0.1) is 5.75 Å². The summed E-state index contributed by atoms with van der Waals surface area (Å²) in [7, 11) is -2.85. The molecule has 4 saturated heterocycles. The van der Waals surface area contributed by atoms with E-state index in [0.717, 1.165) is 45.2 Å². The van der Waals surface area contributed by atoms with E-state index in [1.54, 1.807) is 4.31 Å². The molecule has 0 bridgehead atoms. The number of carbonyl (C=O) groups excluding carboxylic acids is 4. The highest BCUT2D eigenvalue weighted by Gasteiger charge is 2.31. The molecule has 4 aliphatic rings. The van der Waals surface area contributed by atoms with E-state index in [1.807, 2.05) is 37.5 Å². The minimum Gasteiger partial charge on any atom is -0.340 e. The Balaban J connectivity index is 0.000000254. The zero-order chi connectivity index (χ0) is 29.2. The lowest BCUT2D eigenvalue weighted by atomic mass is 10.3. The predicted octanol–water partition coefficient (Wildman–Crippen LogP) is 3.01. The van der Waals surface area contributed by atoms with Gasteiger partial charge in [0.15, 0.2) is 0 Å². The normalized spacial score (nSPS) is 21.3. The van der Waals surface area contributed by atoms with E-state index in [4.69, 9.17) is 0 Å². The van der Waals surface area contributed by atoms with Gasteiger partial charge in [-0.05, 0) is 74.7 Å². The van der Waals surface area contributed by atoms with Crippen molar-refractivity contribution in [1.82, 2.24) is 19.0 Å². The summed E-state index contributed by atoms with van der Waals surface area (Å²) in [6, 6.07) is 0.968. The van der Waals surface area contributed by atoms with Crippen LogP contribution in [0.4, 0.5) is 0 Å². The molecule has 0 aromatic heterocycles. The van der Waals surface area contributed by atoms with Crippen LogP contribution in [0, 0.1) is 0 Å². The van der Waals surface area contributed by atoms with Gasteiger partial charge in [-0.1, -0.05) is 0 Å². The van der Waals surface area contributed by atoms with Crippen LogP contribution in [0.1, 0.15) is 100 Å². The molecule has 10 nitrogen and oxygen atoms in total. The predicted molar refractivity (Wildman–Crippen MR) is 149 cm³/mol. The number of hydrogen-bond donors (Lipinski definition) is 0. The minimum atomic E-state index is -2.85. The molecule has 0 N–H and O–H groups in total. The molecule has 0 radical (unpaired) electrons. The molecule has 0 aromatic carbocycles. The van der Waals surface area contributed by atoms with E-state index in [-0.39, 0.29) is 23.9 Å². The van der Waals surface area contributed by atoms with Gasteiger partial charge in [-0.25, -0.2) is 8.42 Å². The Hall–Kier alpha value is -2.01. The van der Waals surface area contributed by atoms with Crippen molar-refractivity contribution >= 4 is 33.7 Å². The summed E-state index contributed by atoms with van der Waals surface area (Å²) in [5.41, 5.74) is 0. The second kappa shape index (κ2) is 15.5. The van der Waals surface area contributed by atoms with Gasteiger partial charge in [0.25, 0.3) is 0 Å². The highest BCUT2D eigenvalue weighted by molar-refractivity contribution is 7.89. The average molecular weight is 559 g/mol. The van der Waals surface area contributed by atoms with Gasteiger partial charge in [0.2, 0.25) is 33.7 Å². The molecule has 4 rings (SSSR count). The SMILES string of the molecule is CC(C)N1C(=O)CCC1=O.CC(C)N1CCCC1=O.CC(C)N1CCCC1=O.CC(C)N1CCCS1(=O)=O.